The van der Waals surface area contributed by atoms with Crippen molar-refractivity contribution >= 4 is 11.9 Å². The van der Waals surface area contributed by atoms with E-state index in [1.165, 1.54) is 27.9 Å². The SMILES string of the molecule is Cc1c(C(=O)N2C[C@@H](C)[C@H](C(=O)O)C2)cnn1-c1cccc(C(F)(F)F)c1. The molecular weight excluding hydrogens is 363 g/mol. The van der Waals surface area contributed by atoms with Gasteiger partial charge in [-0.25, -0.2) is 4.68 Å². The van der Waals surface area contributed by atoms with Crippen LogP contribution < -0.4 is 0 Å². The average Bonchev–Trinajstić information content (AvgIpc) is 3.17. The maximum absolute atomic E-state index is 12.9. The van der Waals surface area contributed by atoms with Gasteiger partial charge in [0.05, 0.1) is 34.6 Å². The standard InChI is InChI=1S/C18H18F3N3O3/c1-10-8-23(9-15(10)17(26)27)16(25)14-7-22-24(11(14)2)13-5-3-4-12(6-13)18(19,20)21/h3-7,10,15H,8-9H2,1-2H3,(H,26,27)/t10-,15-/m1/s1. The number of likely N-dealkylation sites (tertiary alicyclic amines) is 1. The quantitative estimate of drug-likeness (QED) is 0.887. The van der Waals surface area contributed by atoms with Gasteiger partial charge in [-0.15, -0.1) is 0 Å². The van der Waals surface area contributed by atoms with E-state index in [0.29, 0.717) is 12.2 Å². The molecule has 144 valence electrons. The largest absolute Gasteiger partial charge is 0.481 e. The number of aromatic nitrogens is 2. The van der Waals surface area contributed by atoms with Crippen molar-refractivity contribution in [2.75, 3.05) is 13.1 Å². The highest BCUT2D eigenvalue weighted by atomic mass is 19.4. The van der Waals surface area contributed by atoms with Gasteiger partial charge in [0, 0.05) is 13.1 Å². The van der Waals surface area contributed by atoms with E-state index in [4.69, 9.17) is 0 Å². The number of hydrogen-bond donors (Lipinski definition) is 1. The molecule has 0 bridgehead atoms. The van der Waals surface area contributed by atoms with Crippen molar-refractivity contribution in [3.05, 3.63) is 47.3 Å². The third-order valence-corrected chi connectivity index (χ3v) is 4.88. The summed E-state index contributed by atoms with van der Waals surface area (Å²) < 4.78 is 40.0. The molecule has 1 aromatic carbocycles. The minimum Gasteiger partial charge on any atom is -0.481 e. The Morgan fingerprint density at radius 3 is 2.56 bits per heavy atom. The number of rotatable bonds is 3. The normalized spacial score (nSPS) is 20.1. The fourth-order valence-electron chi connectivity index (χ4n) is 3.32. The Kier molecular flexibility index (Phi) is 4.71. The van der Waals surface area contributed by atoms with Gasteiger partial charge in [-0.05, 0) is 31.0 Å². The number of benzene rings is 1. The number of carbonyl (C=O) groups excluding carboxylic acids is 1. The van der Waals surface area contributed by atoms with E-state index in [1.54, 1.807) is 13.8 Å². The summed E-state index contributed by atoms with van der Waals surface area (Å²) in [5.74, 6) is -2.13. The Labute approximate surface area is 153 Å². The van der Waals surface area contributed by atoms with Gasteiger partial charge in [0.2, 0.25) is 0 Å². The molecule has 0 saturated carbocycles. The molecule has 9 heteroatoms. The van der Waals surface area contributed by atoms with Crippen LogP contribution >= 0.6 is 0 Å². The Hall–Kier alpha value is -2.84. The van der Waals surface area contributed by atoms with Gasteiger partial charge in [0.1, 0.15) is 0 Å². The number of carboxylic acids is 1. The van der Waals surface area contributed by atoms with Crippen LogP contribution in [-0.2, 0) is 11.0 Å². The van der Waals surface area contributed by atoms with Crippen molar-refractivity contribution in [1.29, 1.82) is 0 Å². The van der Waals surface area contributed by atoms with Crippen LogP contribution in [0.5, 0.6) is 0 Å². The molecule has 2 atom stereocenters. The molecule has 0 aliphatic carbocycles. The predicted molar refractivity (Wildman–Crippen MR) is 89.5 cm³/mol. The molecule has 0 spiro atoms. The van der Waals surface area contributed by atoms with E-state index in [0.717, 1.165) is 12.1 Å². The first-order valence-corrected chi connectivity index (χ1v) is 8.34. The molecule has 2 aromatic rings. The zero-order valence-electron chi connectivity index (χ0n) is 14.7. The maximum Gasteiger partial charge on any atom is 0.416 e. The molecule has 1 aliphatic heterocycles. The fourth-order valence-corrected chi connectivity index (χ4v) is 3.32. The van der Waals surface area contributed by atoms with E-state index in [1.807, 2.05) is 0 Å². The number of aliphatic carboxylic acids is 1. The Morgan fingerprint density at radius 2 is 1.96 bits per heavy atom. The molecule has 1 aliphatic rings. The van der Waals surface area contributed by atoms with E-state index >= 15 is 0 Å². The van der Waals surface area contributed by atoms with Crippen molar-refractivity contribution in [2.45, 2.75) is 20.0 Å². The lowest BCUT2D eigenvalue weighted by Gasteiger charge is -2.16. The molecule has 1 amide bonds. The zero-order valence-corrected chi connectivity index (χ0v) is 14.7. The summed E-state index contributed by atoms with van der Waals surface area (Å²) in [5.41, 5.74) is 0.0245. The summed E-state index contributed by atoms with van der Waals surface area (Å²) in [6, 6.07) is 4.68. The molecule has 2 heterocycles. The monoisotopic (exact) mass is 381 g/mol. The zero-order chi connectivity index (χ0) is 19.9. The van der Waals surface area contributed by atoms with Crippen LogP contribution in [0.1, 0.15) is 28.5 Å². The van der Waals surface area contributed by atoms with Crippen LogP contribution in [0.25, 0.3) is 5.69 Å². The molecule has 6 nitrogen and oxygen atoms in total. The molecule has 1 saturated heterocycles. The predicted octanol–water partition coefficient (Wildman–Crippen LogP) is 2.99. The highest BCUT2D eigenvalue weighted by Gasteiger charge is 2.38. The highest BCUT2D eigenvalue weighted by Crippen LogP contribution is 2.31. The van der Waals surface area contributed by atoms with Crippen LogP contribution in [0.4, 0.5) is 13.2 Å². The van der Waals surface area contributed by atoms with E-state index < -0.39 is 23.6 Å². The van der Waals surface area contributed by atoms with E-state index in [9.17, 15) is 27.9 Å². The summed E-state index contributed by atoms with van der Waals surface area (Å²) in [4.78, 5) is 25.4. The molecule has 1 fully saturated rings. The molecule has 0 unspecified atom stereocenters. The molecular formula is C18H18F3N3O3. The Morgan fingerprint density at radius 1 is 1.26 bits per heavy atom. The van der Waals surface area contributed by atoms with Crippen LogP contribution in [0.15, 0.2) is 30.5 Å². The van der Waals surface area contributed by atoms with Gasteiger partial charge in [-0.2, -0.15) is 18.3 Å². The second-order valence-electron chi connectivity index (χ2n) is 6.74. The second kappa shape index (κ2) is 6.71. The summed E-state index contributed by atoms with van der Waals surface area (Å²) in [5, 5.41) is 13.3. The van der Waals surface area contributed by atoms with Crippen LogP contribution in [0.3, 0.4) is 0 Å². The summed E-state index contributed by atoms with van der Waals surface area (Å²) >= 11 is 0. The van der Waals surface area contributed by atoms with Crippen LogP contribution in [0, 0.1) is 18.8 Å². The van der Waals surface area contributed by atoms with Crippen molar-refractivity contribution in [2.24, 2.45) is 11.8 Å². The topological polar surface area (TPSA) is 75.4 Å². The van der Waals surface area contributed by atoms with Crippen molar-refractivity contribution in [3.63, 3.8) is 0 Å². The van der Waals surface area contributed by atoms with Gasteiger partial charge < -0.3 is 10.0 Å². The van der Waals surface area contributed by atoms with E-state index in [-0.39, 0.29) is 29.6 Å². The van der Waals surface area contributed by atoms with Gasteiger partial charge in [0.15, 0.2) is 0 Å². The van der Waals surface area contributed by atoms with Gasteiger partial charge in [0.25, 0.3) is 5.91 Å². The maximum atomic E-state index is 12.9. The van der Waals surface area contributed by atoms with Crippen molar-refractivity contribution < 1.29 is 27.9 Å². The lowest BCUT2D eigenvalue weighted by atomic mass is 9.99. The first-order valence-electron chi connectivity index (χ1n) is 8.34. The number of halogens is 3. The molecule has 1 N–H and O–H groups in total. The lowest BCUT2D eigenvalue weighted by molar-refractivity contribution is -0.142. The molecule has 3 rings (SSSR count). The molecule has 27 heavy (non-hydrogen) atoms. The van der Waals surface area contributed by atoms with Crippen molar-refractivity contribution in [1.82, 2.24) is 14.7 Å². The third-order valence-electron chi connectivity index (χ3n) is 4.88. The number of hydrogen-bond acceptors (Lipinski definition) is 3. The van der Waals surface area contributed by atoms with Gasteiger partial charge in [-0.3, -0.25) is 9.59 Å². The average molecular weight is 381 g/mol. The molecule has 0 radical (unpaired) electrons. The minimum absolute atomic E-state index is 0.101. The lowest BCUT2D eigenvalue weighted by Crippen LogP contribution is -2.30. The Bertz CT molecular complexity index is 891. The number of carboxylic acid groups (broad SMARTS) is 1. The van der Waals surface area contributed by atoms with Crippen LogP contribution in [-0.4, -0.2) is 44.8 Å². The minimum atomic E-state index is -4.48. The summed E-state index contributed by atoms with van der Waals surface area (Å²) in [7, 11) is 0. The molecule has 1 aromatic heterocycles. The smallest absolute Gasteiger partial charge is 0.416 e. The van der Waals surface area contributed by atoms with Crippen molar-refractivity contribution in [3.8, 4) is 5.69 Å². The second-order valence-corrected chi connectivity index (χ2v) is 6.74. The number of carbonyl (C=O) groups is 2. The number of alkyl halides is 3. The van der Waals surface area contributed by atoms with E-state index in [2.05, 4.69) is 5.10 Å². The first kappa shape index (κ1) is 18.9. The Balaban J connectivity index is 1.88. The first-order chi connectivity index (χ1) is 12.6. The van der Waals surface area contributed by atoms with Gasteiger partial charge >= 0.3 is 12.1 Å². The summed E-state index contributed by atoms with van der Waals surface area (Å²) in [6.07, 6.45) is -3.18. The highest BCUT2D eigenvalue weighted by molar-refractivity contribution is 5.95. The fraction of sp³-hybridized carbons (Fsp3) is 0.389. The van der Waals surface area contributed by atoms with Crippen LogP contribution in [0.2, 0.25) is 0 Å². The number of amides is 1. The van der Waals surface area contributed by atoms with Gasteiger partial charge in [-0.1, -0.05) is 13.0 Å². The third kappa shape index (κ3) is 3.54. The number of nitrogens with zero attached hydrogens (tertiary/aromatic N) is 3. The summed E-state index contributed by atoms with van der Waals surface area (Å²) in [6.45, 7) is 3.77.